The molecule has 12 rings (SSSR count). The summed E-state index contributed by atoms with van der Waals surface area (Å²) in [6.07, 6.45) is 1.05. The molecule has 0 spiro atoms. The molecule has 0 fully saturated rings. The summed E-state index contributed by atoms with van der Waals surface area (Å²) in [5, 5.41) is 13.1. The number of aromatic nitrogens is 1. The van der Waals surface area contributed by atoms with E-state index < -0.39 is 0 Å². The maximum absolute atomic E-state index is 2.77. The van der Waals surface area contributed by atoms with Crippen LogP contribution in [0.25, 0.3) is 76.0 Å². The molecule has 0 radical (unpaired) electrons. The molecule has 9 aromatic carbocycles. The summed E-state index contributed by atoms with van der Waals surface area (Å²) in [6, 6.07) is 55.0. The monoisotopic (exact) mass is 856 g/mol. The highest BCUT2D eigenvalue weighted by Gasteiger charge is 2.45. The fraction of sp³-hybridized carbons (Fsp3) is 0.270. The minimum absolute atomic E-state index is 0.00639. The van der Waals surface area contributed by atoms with Crippen molar-refractivity contribution in [2.45, 2.75) is 111 Å². The maximum Gasteiger partial charge on any atom is 0.333 e. The minimum Gasteiger partial charge on any atom is -0.375 e. The van der Waals surface area contributed by atoms with Crippen LogP contribution in [0.5, 0.6) is 0 Å². The van der Waals surface area contributed by atoms with Gasteiger partial charge in [-0.25, -0.2) is 0 Å². The SMILES string of the molecule is CCC(C)(C)c1cc2c3c(c1)c1cc(C(C)(C)C)ccc1n3B1c3cc4c5ccccc5c5ccccc5c4cc3N(c3cc(C(C)(C)C)cc(C(C)(C)C)c3)c3cc4ccccc4c-2c31. The third-order valence-corrected chi connectivity index (χ3v) is 15.9. The molecule has 1 aromatic heterocycles. The van der Waals surface area contributed by atoms with Crippen molar-refractivity contribution in [3.63, 3.8) is 0 Å². The van der Waals surface area contributed by atoms with Crippen LogP contribution in [0.1, 0.15) is 112 Å². The number of hydrogen-bond acceptors (Lipinski definition) is 1. The van der Waals surface area contributed by atoms with E-state index in [9.17, 15) is 0 Å². The van der Waals surface area contributed by atoms with Gasteiger partial charge in [0.15, 0.2) is 0 Å². The molecule has 0 atom stereocenters. The molecule has 0 amide bonds. The van der Waals surface area contributed by atoms with E-state index in [0.717, 1.165) is 6.42 Å². The molecule has 3 heterocycles. The van der Waals surface area contributed by atoms with Crippen LogP contribution in [0.15, 0.2) is 140 Å². The molecule has 2 aliphatic heterocycles. The zero-order valence-electron chi connectivity index (χ0n) is 41.0. The molecule has 0 unspecified atom stereocenters. The van der Waals surface area contributed by atoms with Crippen LogP contribution in [0.4, 0.5) is 17.1 Å². The van der Waals surface area contributed by atoms with Gasteiger partial charge in [-0.1, -0.05) is 174 Å². The second kappa shape index (κ2) is 13.6. The Morgan fingerprint density at radius 1 is 0.439 bits per heavy atom. The Balaban J connectivity index is 1.33. The first-order chi connectivity index (χ1) is 31.3. The average molecular weight is 857 g/mol. The fourth-order valence-electron chi connectivity index (χ4n) is 11.6. The molecule has 2 nitrogen and oxygen atoms in total. The van der Waals surface area contributed by atoms with Crippen LogP contribution < -0.4 is 15.8 Å². The topological polar surface area (TPSA) is 8.17 Å². The van der Waals surface area contributed by atoms with Crippen LogP contribution in [-0.2, 0) is 21.7 Å². The maximum atomic E-state index is 2.77. The molecule has 0 saturated carbocycles. The van der Waals surface area contributed by atoms with Gasteiger partial charge in [-0.2, -0.15) is 0 Å². The highest BCUT2D eigenvalue weighted by atomic mass is 15.2. The molecule has 2 aliphatic rings. The van der Waals surface area contributed by atoms with E-state index in [1.54, 1.807) is 0 Å². The normalized spacial score (nSPS) is 14.1. The van der Waals surface area contributed by atoms with Crippen LogP contribution >= 0.6 is 0 Å². The quantitative estimate of drug-likeness (QED) is 0.127. The van der Waals surface area contributed by atoms with E-state index in [1.807, 2.05) is 0 Å². The molecule has 66 heavy (non-hydrogen) atoms. The molecular weight excluding hydrogens is 796 g/mol. The first-order valence-electron chi connectivity index (χ1n) is 24.4. The number of rotatable bonds is 3. The molecule has 10 aromatic rings. The predicted octanol–water partition coefficient (Wildman–Crippen LogP) is 16.4. The van der Waals surface area contributed by atoms with Gasteiger partial charge in [-0.05, 0) is 158 Å². The van der Waals surface area contributed by atoms with Crippen molar-refractivity contribution in [3.8, 4) is 11.1 Å². The van der Waals surface area contributed by atoms with Crippen molar-refractivity contribution in [1.82, 2.24) is 4.48 Å². The van der Waals surface area contributed by atoms with Gasteiger partial charge in [-0.15, -0.1) is 0 Å². The highest BCUT2D eigenvalue weighted by Crippen LogP contribution is 2.51. The molecule has 3 heteroatoms. The largest absolute Gasteiger partial charge is 0.375 e. The van der Waals surface area contributed by atoms with Crippen molar-refractivity contribution in [2.24, 2.45) is 0 Å². The van der Waals surface area contributed by atoms with Gasteiger partial charge in [-0.3, -0.25) is 0 Å². The van der Waals surface area contributed by atoms with Gasteiger partial charge in [0, 0.05) is 44.4 Å². The van der Waals surface area contributed by atoms with E-state index in [2.05, 4.69) is 232 Å². The Bertz CT molecular complexity index is 3700. The third kappa shape index (κ3) is 5.81. The van der Waals surface area contributed by atoms with E-state index >= 15 is 0 Å². The van der Waals surface area contributed by atoms with Gasteiger partial charge in [0.2, 0.25) is 0 Å². The lowest BCUT2D eigenvalue weighted by Crippen LogP contribution is -2.56. The van der Waals surface area contributed by atoms with E-state index in [1.165, 1.54) is 126 Å². The lowest BCUT2D eigenvalue weighted by molar-refractivity contribution is 0.507. The smallest absolute Gasteiger partial charge is 0.333 e. The van der Waals surface area contributed by atoms with Gasteiger partial charge < -0.3 is 9.38 Å². The van der Waals surface area contributed by atoms with Crippen molar-refractivity contribution >= 4 is 99.7 Å². The van der Waals surface area contributed by atoms with Crippen LogP contribution in [-0.4, -0.2) is 11.3 Å². The van der Waals surface area contributed by atoms with Crippen molar-refractivity contribution in [3.05, 3.63) is 162 Å². The molecule has 0 aliphatic carbocycles. The highest BCUT2D eigenvalue weighted by molar-refractivity contribution is 6.90. The zero-order valence-corrected chi connectivity index (χ0v) is 41.0. The third-order valence-electron chi connectivity index (χ3n) is 15.9. The van der Waals surface area contributed by atoms with Crippen LogP contribution in [0.3, 0.4) is 0 Å². The van der Waals surface area contributed by atoms with E-state index in [-0.39, 0.29) is 28.5 Å². The number of nitrogens with zero attached hydrogens (tertiary/aromatic N) is 2. The molecule has 0 saturated heterocycles. The number of hydrogen-bond donors (Lipinski definition) is 0. The number of fused-ring (bicyclic) bond motifs is 15. The standard InChI is InChI=1S/C63H61BN2/c1-13-63(11,12)41-33-51-50-32-38(60(2,3)4)26-27-54(50)66-59(51)52(34-41)57-43-21-15-14-20-37(43)28-56-58(57)64(66)53-35-48-46-24-18-16-22-44(46)45-23-17-19-25-47(45)49(48)36-55(53)65(56)42-30-39(61(5,6)7)29-40(31-42)62(8,9)10/h14-36H,13H2,1-12H3. The number of anilines is 3. The van der Waals surface area contributed by atoms with E-state index in [0.29, 0.717) is 0 Å². The first-order valence-corrected chi connectivity index (χ1v) is 24.4. The van der Waals surface area contributed by atoms with Crippen molar-refractivity contribution in [2.75, 3.05) is 4.90 Å². The summed E-state index contributed by atoms with van der Waals surface area (Å²) in [6.45, 7) is 28.3. The summed E-state index contributed by atoms with van der Waals surface area (Å²) in [7, 11) is 0. The van der Waals surface area contributed by atoms with Gasteiger partial charge in [0.05, 0.1) is 0 Å². The Morgan fingerprint density at radius 3 is 1.58 bits per heavy atom. The first kappa shape index (κ1) is 41.1. The molecular formula is C63H61BN2. The summed E-state index contributed by atoms with van der Waals surface area (Å²) in [4.78, 5) is 2.68. The molecule has 326 valence electrons. The van der Waals surface area contributed by atoms with Crippen LogP contribution in [0, 0.1) is 0 Å². The number of benzene rings is 9. The lowest BCUT2D eigenvalue weighted by Gasteiger charge is -2.42. The summed E-state index contributed by atoms with van der Waals surface area (Å²) < 4.78 is 2.77. The Kier molecular flexibility index (Phi) is 8.50. The summed E-state index contributed by atoms with van der Waals surface area (Å²) in [5.74, 6) is 0. The van der Waals surface area contributed by atoms with Crippen LogP contribution in [0.2, 0.25) is 0 Å². The fourth-order valence-corrected chi connectivity index (χ4v) is 11.6. The Labute approximate surface area is 391 Å². The van der Waals surface area contributed by atoms with E-state index in [4.69, 9.17) is 0 Å². The predicted molar refractivity (Wildman–Crippen MR) is 289 cm³/mol. The van der Waals surface area contributed by atoms with Gasteiger partial charge in [0.25, 0.3) is 0 Å². The summed E-state index contributed by atoms with van der Waals surface area (Å²) >= 11 is 0. The summed E-state index contributed by atoms with van der Waals surface area (Å²) in [5.41, 5.74) is 17.2. The second-order valence-electron chi connectivity index (χ2n) is 23.5. The molecule has 0 bridgehead atoms. The van der Waals surface area contributed by atoms with Gasteiger partial charge >= 0.3 is 6.85 Å². The lowest BCUT2D eigenvalue weighted by atomic mass is 9.44. The molecule has 0 N–H and O–H groups in total. The average Bonchev–Trinajstić information content (AvgIpc) is 3.62. The van der Waals surface area contributed by atoms with Gasteiger partial charge in [0.1, 0.15) is 0 Å². The Hall–Kier alpha value is -6.32. The second-order valence-corrected chi connectivity index (χ2v) is 23.5. The van der Waals surface area contributed by atoms with Crippen molar-refractivity contribution in [1.29, 1.82) is 0 Å². The minimum atomic E-state index is -0.0774. The zero-order chi connectivity index (χ0) is 46.0. The van der Waals surface area contributed by atoms with Crippen molar-refractivity contribution < 1.29 is 0 Å². The Morgan fingerprint density at radius 2 is 0.985 bits per heavy atom.